The lowest BCUT2D eigenvalue weighted by atomic mass is 9.86. The minimum atomic E-state index is -3.81. The molecular formula is C23H31ClN4O5S2. The number of amides is 2. The van der Waals surface area contributed by atoms with Gasteiger partial charge in [-0.2, -0.15) is 4.99 Å². The lowest BCUT2D eigenvalue weighted by Gasteiger charge is -2.49. The van der Waals surface area contributed by atoms with Gasteiger partial charge in [-0.15, -0.1) is 23.4 Å². The maximum absolute atomic E-state index is 13.3. The largest absolute Gasteiger partial charge is 0.442 e. The van der Waals surface area contributed by atoms with E-state index in [1.165, 1.54) is 25.6 Å². The van der Waals surface area contributed by atoms with Crippen molar-refractivity contribution >= 4 is 56.9 Å². The fourth-order valence-electron chi connectivity index (χ4n) is 3.63. The lowest BCUT2D eigenvalue weighted by molar-refractivity contribution is -0.112. The number of thioether (sulfide) groups is 1. The molecular weight excluding hydrogens is 512 g/mol. The van der Waals surface area contributed by atoms with E-state index in [-0.39, 0.29) is 23.2 Å². The first-order valence-corrected chi connectivity index (χ1v) is 14.0. The summed E-state index contributed by atoms with van der Waals surface area (Å²) in [6, 6.07) is 5.28. The normalized spacial score (nSPS) is 28.7. The van der Waals surface area contributed by atoms with Crippen LogP contribution in [0.2, 0.25) is 0 Å². The summed E-state index contributed by atoms with van der Waals surface area (Å²) >= 11 is 8.21. The highest BCUT2D eigenvalue weighted by Crippen LogP contribution is 2.47. The molecule has 35 heavy (non-hydrogen) atoms. The van der Waals surface area contributed by atoms with Crippen LogP contribution in [0, 0.1) is 6.92 Å². The summed E-state index contributed by atoms with van der Waals surface area (Å²) in [6.45, 7) is 11.5. The van der Waals surface area contributed by atoms with Crippen LogP contribution in [0.3, 0.4) is 0 Å². The van der Waals surface area contributed by atoms with Gasteiger partial charge in [-0.05, 0) is 66.7 Å². The first kappa shape index (κ1) is 27.5. The zero-order valence-electron chi connectivity index (χ0n) is 20.9. The average Bonchev–Trinajstić information content (AvgIpc) is 3.09. The Bertz CT molecular complexity index is 1220. The first-order chi connectivity index (χ1) is 15.9. The van der Waals surface area contributed by atoms with Crippen LogP contribution >= 0.6 is 23.4 Å². The third kappa shape index (κ3) is 5.67. The van der Waals surface area contributed by atoms with Crippen LogP contribution in [-0.2, 0) is 19.4 Å². The second kappa shape index (κ2) is 9.08. The molecule has 2 aliphatic rings. The van der Waals surface area contributed by atoms with Crippen molar-refractivity contribution in [3.8, 4) is 0 Å². The average molecular weight is 543 g/mol. The van der Waals surface area contributed by atoms with Crippen molar-refractivity contribution in [1.29, 1.82) is 0 Å². The molecule has 0 aliphatic carbocycles. The molecule has 2 N–H and O–H groups in total. The monoisotopic (exact) mass is 542 g/mol. The van der Waals surface area contributed by atoms with E-state index in [2.05, 4.69) is 20.6 Å². The van der Waals surface area contributed by atoms with E-state index in [1.807, 2.05) is 13.0 Å². The minimum absolute atomic E-state index is 0.0548. The van der Waals surface area contributed by atoms with Gasteiger partial charge in [-0.1, -0.05) is 6.07 Å². The summed E-state index contributed by atoms with van der Waals surface area (Å²) in [5.74, 6) is -0.129. The molecule has 3 rings (SSSR count). The molecule has 2 atom stereocenters. The number of sulfone groups is 1. The highest BCUT2D eigenvalue weighted by Gasteiger charge is 2.59. The molecule has 0 saturated carbocycles. The number of pyridine rings is 1. The minimum Gasteiger partial charge on any atom is -0.442 e. The van der Waals surface area contributed by atoms with Gasteiger partial charge >= 0.3 is 6.09 Å². The van der Waals surface area contributed by atoms with Crippen molar-refractivity contribution in [3.63, 3.8) is 0 Å². The number of anilines is 1. The van der Waals surface area contributed by atoms with E-state index in [1.54, 1.807) is 45.9 Å². The summed E-state index contributed by atoms with van der Waals surface area (Å²) < 4.78 is 30.5. The number of nitrogens with zero attached hydrogens (tertiary/aromatic N) is 2. The highest BCUT2D eigenvalue weighted by molar-refractivity contribution is 8.04. The first-order valence-electron chi connectivity index (χ1n) is 11.0. The number of nitrogens with one attached hydrogen (secondary N) is 2. The molecule has 1 saturated heterocycles. The number of rotatable bonds is 3. The van der Waals surface area contributed by atoms with Crippen LogP contribution < -0.4 is 10.6 Å². The third-order valence-corrected chi connectivity index (χ3v) is 10.6. The Labute approximate surface area is 215 Å². The Morgan fingerprint density at radius 1 is 1.26 bits per heavy atom. The van der Waals surface area contributed by atoms with Crippen LogP contribution in [0.15, 0.2) is 34.2 Å². The summed E-state index contributed by atoms with van der Waals surface area (Å²) in [6.07, 6.45) is 0.661. The number of aromatic nitrogens is 1. The number of carbonyl (C=O) groups is 2. The van der Waals surface area contributed by atoms with Gasteiger partial charge in [-0.3, -0.25) is 4.79 Å². The van der Waals surface area contributed by atoms with Crippen LogP contribution in [0.4, 0.5) is 10.6 Å². The molecule has 1 aromatic rings. The second-order valence-electron chi connectivity index (χ2n) is 10.4. The van der Waals surface area contributed by atoms with Crippen LogP contribution in [-0.4, -0.2) is 63.5 Å². The van der Waals surface area contributed by atoms with Crippen LogP contribution in [0.5, 0.6) is 0 Å². The molecule has 0 aromatic carbocycles. The van der Waals surface area contributed by atoms with Gasteiger partial charge in [0.2, 0.25) is 0 Å². The van der Waals surface area contributed by atoms with E-state index >= 15 is 0 Å². The van der Waals surface area contributed by atoms with E-state index < -0.39 is 36.7 Å². The Kier molecular flexibility index (Phi) is 7.13. The molecule has 1 fully saturated rings. The number of ether oxygens (including phenoxy) is 1. The van der Waals surface area contributed by atoms with Gasteiger partial charge in [0.05, 0.1) is 21.1 Å². The Balaban J connectivity index is 1.93. The number of halogens is 1. The van der Waals surface area contributed by atoms with E-state index in [9.17, 15) is 18.0 Å². The molecule has 2 aliphatic heterocycles. The number of hydrogen-bond acceptors (Lipinski definition) is 7. The number of carbonyl (C=O) groups excluding carboxylic acids is 2. The zero-order valence-corrected chi connectivity index (χ0v) is 23.2. The van der Waals surface area contributed by atoms with Crippen molar-refractivity contribution in [3.05, 3.63) is 34.9 Å². The predicted octanol–water partition coefficient (Wildman–Crippen LogP) is 3.83. The van der Waals surface area contributed by atoms with E-state index in [4.69, 9.17) is 16.3 Å². The standard InChI is InChI=1S/C23H31ClN4O5S2/c1-14-9-8-10-16(25-14)26-17(29)15-11-23(24,12-34-15)22(7)13-35(31,32)21(5,6)18(28-22)27-19(30)33-20(2,3)4/h8-11H,12-13H2,1-7H3,(H,25,26,29)(H,27,28,30)/t22-,23?/m0/s1. The number of aryl methyl sites for hydroxylation is 1. The van der Waals surface area contributed by atoms with Crippen molar-refractivity contribution < 1.29 is 22.7 Å². The molecule has 0 spiro atoms. The summed E-state index contributed by atoms with van der Waals surface area (Å²) in [5, 5.41) is 5.87. The summed E-state index contributed by atoms with van der Waals surface area (Å²) in [5.41, 5.74) is -1.30. The van der Waals surface area contributed by atoms with Gasteiger partial charge in [-0.25, -0.2) is 18.2 Å². The van der Waals surface area contributed by atoms with Gasteiger partial charge in [0.15, 0.2) is 9.84 Å². The molecule has 9 nitrogen and oxygen atoms in total. The molecule has 0 bridgehead atoms. The SMILES string of the molecule is Cc1cccc(NC(=O)C2=CC(Cl)([C@]3(C)CS(=O)(=O)C(C)(C)/C(=N\C(=O)OC(C)(C)C)N3)CS2)n1. The number of aliphatic imine (C=N–C) groups is 1. The summed E-state index contributed by atoms with van der Waals surface area (Å²) in [7, 11) is -3.81. The Morgan fingerprint density at radius 2 is 1.91 bits per heavy atom. The Hall–Kier alpha value is -2.11. The topological polar surface area (TPSA) is 127 Å². The van der Waals surface area contributed by atoms with Gasteiger partial charge in [0.25, 0.3) is 5.91 Å². The Morgan fingerprint density at radius 3 is 2.51 bits per heavy atom. The molecule has 1 aromatic heterocycles. The van der Waals surface area contributed by atoms with Gasteiger partial charge in [0.1, 0.15) is 22.0 Å². The summed E-state index contributed by atoms with van der Waals surface area (Å²) in [4.78, 5) is 32.6. The van der Waals surface area contributed by atoms with Crippen LogP contribution in [0.1, 0.15) is 47.2 Å². The third-order valence-electron chi connectivity index (χ3n) is 5.89. The molecule has 192 valence electrons. The quantitative estimate of drug-likeness (QED) is 0.552. The number of alkyl halides is 1. The van der Waals surface area contributed by atoms with Crippen molar-refractivity contribution in [2.24, 2.45) is 4.99 Å². The maximum Gasteiger partial charge on any atom is 0.435 e. The van der Waals surface area contributed by atoms with E-state index in [0.29, 0.717) is 10.7 Å². The molecule has 2 amide bonds. The van der Waals surface area contributed by atoms with Crippen molar-refractivity contribution in [2.45, 2.75) is 69.2 Å². The number of hydrogen-bond donors (Lipinski definition) is 2. The van der Waals surface area contributed by atoms with Crippen molar-refractivity contribution in [2.75, 3.05) is 16.8 Å². The fourth-order valence-corrected chi connectivity index (χ4v) is 7.24. The predicted molar refractivity (Wildman–Crippen MR) is 140 cm³/mol. The molecule has 1 unspecified atom stereocenters. The fraction of sp³-hybridized carbons (Fsp3) is 0.565. The molecule has 12 heteroatoms. The molecule has 0 radical (unpaired) electrons. The maximum atomic E-state index is 13.3. The number of amidine groups is 1. The molecule has 3 heterocycles. The van der Waals surface area contributed by atoms with E-state index in [0.717, 1.165) is 5.69 Å². The van der Waals surface area contributed by atoms with Crippen molar-refractivity contribution in [1.82, 2.24) is 10.3 Å². The van der Waals surface area contributed by atoms with Crippen LogP contribution in [0.25, 0.3) is 0 Å². The smallest absolute Gasteiger partial charge is 0.435 e. The van der Waals surface area contributed by atoms with Gasteiger partial charge < -0.3 is 15.4 Å². The second-order valence-corrected chi connectivity index (χ2v) is 14.7. The lowest BCUT2D eigenvalue weighted by Crippen LogP contribution is -2.72. The van der Waals surface area contributed by atoms with Gasteiger partial charge in [0, 0.05) is 11.4 Å². The highest BCUT2D eigenvalue weighted by atomic mass is 35.5. The zero-order chi connectivity index (χ0) is 26.4.